The molecule has 2 aromatic rings. The van der Waals surface area contributed by atoms with Crippen LogP contribution in [0.3, 0.4) is 0 Å². The number of aryl methyl sites for hydroxylation is 1. The summed E-state index contributed by atoms with van der Waals surface area (Å²) in [5, 5.41) is 2.94. The molecule has 4 rings (SSSR count). The molecular formula is C23H26N2O3. The van der Waals surface area contributed by atoms with Gasteiger partial charge in [-0.05, 0) is 55.2 Å². The van der Waals surface area contributed by atoms with Crippen molar-refractivity contribution in [3.05, 3.63) is 47.5 Å². The molecule has 146 valence electrons. The van der Waals surface area contributed by atoms with Crippen molar-refractivity contribution in [2.75, 3.05) is 17.3 Å². The maximum Gasteiger partial charge on any atom is 0.261 e. The molecule has 2 aromatic carbocycles. The molecule has 0 aromatic heterocycles. The predicted octanol–water partition coefficient (Wildman–Crippen LogP) is 5.29. The Morgan fingerprint density at radius 3 is 2.68 bits per heavy atom. The smallest absolute Gasteiger partial charge is 0.261 e. The van der Waals surface area contributed by atoms with Gasteiger partial charge in [0, 0.05) is 19.2 Å². The minimum Gasteiger partial charge on any atom is -0.454 e. The van der Waals surface area contributed by atoms with Gasteiger partial charge in [-0.3, -0.25) is 9.59 Å². The van der Waals surface area contributed by atoms with E-state index >= 15 is 0 Å². The normalized spacial score (nSPS) is 16.2. The first-order valence-corrected chi connectivity index (χ1v) is 10.0. The Morgan fingerprint density at radius 1 is 1.14 bits per heavy atom. The number of nitrogens with one attached hydrogen (secondary N) is 1. The molecule has 2 aliphatic rings. The molecule has 1 N–H and O–H groups in total. The Balaban J connectivity index is 1.51. The first-order valence-electron chi connectivity index (χ1n) is 10.0. The second kappa shape index (κ2) is 7.66. The van der Waals surface area contributed by atoms with E-state index in [4.69, 9.17) is 4.74 Å². The minimum atomic E-state index is -0.151. The van der Waals surface area contributed by atoms with Crippen LogP contribution >= 0.6 is 0 Å². The number of rotatable bonds is 4. The van der Waals surface area contributed by atoms with Crippen LogP contribution in [0.15, 0.2) is 36.4 Å². The van der Waals surface area contributed by atoms with E-state index in [9.17, 15) is 9.59 Å². The zero-order valence-electron chi connectivity index (χ0n) is 16.5. The molecule has 1 saturated carbocycles. The first-order chi connectivity index (χ1) is 13.5. The van der Waals surface area contributed by atoms with Gasteiger partial charge in [0.1, 0.15) is 5.75 Å². The van der Waals surface area contributed by atoms with Crippen LogP contribution in [0.5, 0.6) is 11.5 Å². The lowest BCUT2D eigenvalue weighted by molar-refractivity contribution is -0.116. The molecule has 28 heavy (non-hydrogen) atoms. The number of hydrogen-bond donors (Lipinski definition) is 1. The van der Waals surface area contributed by atoms with Crippen LogP contribution in [0.1, 0.15) is 54.4 Å². The van der Waals surface area contributed by atoms with Gasteiger partial charge in [-0.25, -0.2) is 0 Å². The summed E-state index contributed by atoms with van der Waals surface area (Å²) in [5.74, 6) is 1.68. The average molecular weight is 378 g/mol. The highest BCUT2D eigenvalue weighted by atomic mass is 16.5. The second-order valence-corrected chi connectivity index (χ2v) is 7.89. The van der Waals surface area contributed by atoms with E-state index < -0.39 is 0 Å². The molecule has 5 heteroatoms. The summed E-state index contributed by atoms with van der Waals surface area (Å²) >= 11 is 0. The number of nitrogens with zero attached hydrogens (tertiary/aromatic N) is 1. The highest BCUT2D eigenvalue weighted by Crippen LogP contribution is 2.39. The third kappa shape index (κ3) is 3.75. The van der Waals surface area contributed by atoms with E-state index in [-0.39, 0.29) is 11.8 Å². The molecular weight excluding hydrogens is 352 g/mol. The lowest BCUT2D eigenvalue weighted by Crippen LogP contribution is -2.25. The Bertz CT molecular complexity index is 916. The SMILES string of the molecule is Cc1ccc2c(c1)N(C)C(=O)c1cc(NC(=O)CCC3CCCC3)ccc1O2. The maximum atomic E-state index is 13.0. The molecule has 0 spiro atoms. The van der Waals surface area contributed by atoms with Crippen LogP contribution in [0.2, 0.25) is 0 Å². The van der Waals surface area contributed by atoms with E-state index in [2.05, 4.69) is 5.32 Å². The maximum absolute atomic E-state index is 13.0. The molecule has 1 aliphatic carbocycles. The van der Waals surface area contributed by atoms with E-state index in [1.54, 1.807) is 30.1 Å². The van der Waals surface area contributed by atoms with Crippen molar-refractivity contribution in [2.24, 2.45) is 5.92 Å². The second-order valence-electron chi connectivity index (χ2n) is 7.89. The van der Waals surface area contributed by atoms with Crippen molar-refractivity contribution in [1.29, 1.82) is 0 Å². The van der Waals surface area contributed by atoms with Crippen molar-refractivity contribution in [2.45, 2.75) is 45.4 Å². The van der Waals surface area contributed by atoms with Gasteiger partial charge in [0.2, 0.25) is 5.91 Å². The summed E-state index contributed by atoms with van der Waals surface area (Å²) in [6, 6.07) is 11.0. The number of benzene rings is 2. The zero-order chi connectivity index (χ0) is 19.7. The fourth-order valence-electron chi connectivity index (χ4n) is 4.11. The lowest BCUT2D eigenvalue weighted by Gasteiger charge is -2.17. The van der Waals surface area contributed by atoms with E-state index in [0.717, 1.165) is 17.7 Å². The third-order valence-electron chi connectivity index (χ3n) is 5.75. The fraction of sp³-hybridized carbons (Fsp3) is 0.391. The number of carbonyl (C=O) groups excluding carboxylic acids is 2. The molecule has 0 unspecified atom stereocenters. The van der Waals surface area contributed by atoms with Gasteiger partial charge in [0.25, 0.3) is 5.91 Å². The van der Waals surface area contributed by atoms with Crippen LogP contribution < -0.4 is 15.0 Å². The van der Waals surface area contributed by atoms with Crippen LogP contribution in [0, 0.1) is 12.8 Å². The van der Waals surface area contributed by atoms with Crippen molar-refractivity contribution in [3.8, 4) is 11.5 Å². The lowest BCUT2D eigenvalue weighted by atomic mass is 10.0. The van der Waals surface area contributed by atoms with Crippen LogP contribution in [-0.2, 0) is 4.79 Å². The van der Waals surface area contributed by atoms with Crippen LogP contribution in [0.4, 0.5) is 11.4 Å². The largest absolute Gasteiger partial charge is 0.454 e. The van der Waals surface area contributed by atoms with Crippen LogP contribution in [-0.4, -0.2) is 18.9 Å². The molecule has 0 radical (unpaired) electrons. The van der Waals surface area contributed by atoms with Crippen molar-refractivity contribution >= 4 is 23.2 Å². The highest BCUT2D eigenvalue weighted by molar-refractivity contribution is 6.10. The van der Waals surface area contributed by atoms with Crippen molar-refractivity contribution < 1.29 is 14.3 Å². The number of hydrogen-bond acceptors (Lipinski definition) is 3. The predicted molar refractivity (Wildman–Crippen MR) is 110 cm³/mol. The zero-order valence-corrected chi connectivity index (χ0v) is 16.5. The van der Waals surface area contributed by atoms with Crippen LogP contribution in [0.25, 0.3) is 0 Å². The van der Waals surface area contributed by atoms with Gasteiger partial charge in [0.05, 0.1) is 11.3 Å². The van der Waals surface area contributed by atoms with E-state index in [1.165, 1.54) is 25.7 Å². The number of fused-ring (bicyclic) bond motifs is 2. The number of anilines is 2. The van der Waals surface area contributed by atoms with Gasteiger partial charge in [0.15, 0.2) is 5.75 Å². The average Bonchev–Trinajstić information content (AvgIpc) is 3.18. The number of carbonyl (C=O) groups is 2. The number of ether oxygens (including phenoxy) is 1. The van der Waals surface area contributed by atoms with Crippen molar-refractivity contribution in [1.82, 2.24) is 0 Å². The standard InChI is InChI=1S/C23H26N2O3/c1-15-7-10-21-19(13-15)25(2)23(27)18-14-17(9-11-20(18)28-21)24-22(26)12-8-16-5-3-4-6-16/h7,9-11,13-14,16H,3-6,8,12H2,1-2H3,(H,24,26). The van der Waals surface area contributed by atoms with Gasteiger partial charge < -0.3 is 15.0 Å². The molecule has 2 amide bonds. The summed E-state index contributed by atoms with van der Waals surface area (Å²) in [6.45, 7) is 1.98. The quantitative estimate of drug-likeness (QED) is 0.787. The summed E-state index contributed by atoms with van der Waals surface area (Å²) in [7, 11) is 1.74. The minimum absolute atomic E-state index is 0.00102. The topological polar surface area (TPSA) is 58.6 Å². The molecule has 5 nitrogen and oxygen atoms in total. The molecule has 1 heterocycles. The van der Waals surface area contributed by atoms with E-state index in [1.807, 2.05) is 25.1 Å². The van der Waals surface area contributed by atoms with Crippen molar-refractivity contribution in [3.63, 3.8) is 0 Å². The summed E-state index contributed by atoms with van der Waals surface area (Å²) in [4.78, 5) is 26.9. The molecule has 0 atom stereocenters. The highest BCUT2D eigenvalue weighted by Gasteiger charge is 2.26. The first kappa shape index (κ1) is 18.5. The number of amides is 2. The fourth-order valence-corrected chi connectivity index (χ4v) is 4.11. The Kier molecular flexibility index (Phi) is 5.07. The molecule has 1 fully saturated rings. The van der Waals surface area contributed by atoms with Gasteiger partial charge >= 0.3 is 0 Å². The Hall–Kier alpha value is -2.82. The summed E-state index contributed by atoms with van der Waals surface area (Å²) in [6.07, 6.45) is 6.52. The Labute approximate surface area is 165 Å². The summed E-state index contributed by atoms with van der Waals surface area (Å²) < 4.78 is 6.00. The molecule has 0 saturated heterocycles. The summed E-state index contributed by atoms with van der Waals surface area (Å²) in [5.41, 5.74) is 2.87. The molecule has 1 aliphatic heterocycles. The Morgan fingerprint density at radius 2 is 1.89 bits per heavy atom. The van der Waals surface area contributed by atoms with Gasteiger partial charge in [-0.15, -0.1) is 0 Å². The van der Waals surface area contributed by atoms with E-state index in [0.29, 0.717) is 35.1 Å². The molecule has 0 bridgehead atoms. The van der Waals surface area contributed by atoms with Gasteiger partial charge in [-0.2, -0.15) is 0 Å². The van der Waals surface area contributed by atoms with Gasteiger partial charge in [-0.1, -0.05) is 31.7 Å². The third-order valence-corrected chi connectivity index (χ3v) is 5.75. The monoisotopic (exact) mass is 378 g/mol.